The average Bonchev–Trinajstić information content (AvgIpc) is 2.90. The van der Waals surface area contributed by atoms with Crippen LogP contribution in [0.5, 0.6) is 0 Å². The highest BCUT2D eigenvalue weighted by Crippen LogP contribution is 2.24. The van der Waals surface area contributed by atoms with E-state index in [1.807, 2.05) is 50.4 Å². The van der Waals surface area contributed by atoms with Crippen molar-refractivity contribution in [3.8, 4) is 0 Å². The number of hydrogen-bond acceptors (Lipinski definition) is 3. The predicted molar refractivity (Wildman–Crippen MR) is 98.3 cm³/mol. The number of amides is 1. The minimum Gasteiger partial charge on any atom is -0.341 e. The molecule has 0 saturated heterocycles. The number of nitrogens with zero attached hydrogens (tertiary/aromatic N) is 1. The number of halogens is 2. The summed E-state index contributed by atoms with van der Waals surface area (Å²) in [4.78, 5) is 14.2. The minimum absolute atomic E-state index is 0. The maximum absolute atomic E-state index is 12.5. The summed E-state index contributed by atoms with van der Waals surface area (Å²) in [6, 6.07) is 11.5. The van der Waals surface area contributed by atoms with Gasteiger partial charge in [0.2, 0.25) is 5.91 Å². The van der Waals surface area contributed by atoms with Crippen LogP contribution in [0.15, 0.2) is 45.6 Å². The zero-order valence-electron chi connectivity index (χ0n) is 12.5. The summed E-state index contributed by atoms with van der Waals surface area (Å²) in [6.07, 6.45) is 0. The molecule has 2 rings (SSSR count). The Morgan fingerprint density at radius 1 is 1.36 bits per heavy atom. The van der Waals surface area contributed by atoms with E-state index in [0.29, 0.717) is 6.54 Å². The van der Waals surface area contributed by atoms with Crippen molar-refractivity contribution in [1.82, 2.24) is 4.90 Å². The Hall–Kier alpha value is -0.880. The molecular formula is C16H20BrClN2OS. The van der Waals surface area contributed by atoms with E-state index in [2.05, 4.69) is 21.3 Å². The number of rotatable bonds is 5. The van der Waals surface area contributed by atoms with Crippen molar-refractivity contribution in [2.45, 2.75) is 19.5 Å². The van der Waals surface area contributed by atoms with Crippen LogP contribution in [0.2, 0.25) is 0 Å². The van der Waals surface area contributed by atoms with Gasteiger partial charge in [-0.05, 0) is 38.5 Å². The molecule has 0 aliphatic heterocycles. The van der Waals surface area contributed by atoms with E-state index in [1.54, 1.807) is 16.2 Å². The number of hydrogen-bond donors (Lipinski definition) is 1. The molecule has 0 radical (unpaired) electrons. The van der Waals surface area contributed by atoms with E-state index in [-0.39, 0.29) is 30.3 Å². The second-order valence-electron chi connectivity index (χ2n) is 5.18. The summed E-state index contributed by atoms with van der Waals surface area (Å²) in [5.74, 6) is -0.187. The van der Waals surface area contributed by atoms with Crippen molar-refractivity contribution in [1.29, 1.82) is 0 Å². The van der Waals surface area contributed by atoms with Crippen LogP contribution in [0.3, 0.4) is 0 Å². The van der Waals surface area contributed by atoms with E-state index in [1.165, 1.54) is 0 Å². The molecule has 1 aromatic heterocycles. The number of benzene rings is 1. The predicted octanol–water partition coefficient (Wildman–Crippen LogP) is 4.23. The lowest BCUT2D eigenvalue weighted by Crippen LogP contribution is -2.36. The standard InChI is InChI=1S/C16H19BrN2OS.ClH/c1-11(15(18)13-6-4-3-5-7-13)16(20)19(2)9-12-8-14(17)21-10-12;/h3-8,10-11,15H,9,18H2,1-2H3;1H. The van der Waals surface area contributed by atoms with E-state index in [0.717, 1.165) is 14.9 Å². The quantitative estimate of drug-likeness (QED) is 0.812. The Morgan fingerprint density at radius 2 is 2.00 bits per heavy atom. The zero-order chi connectivity index (χ0) is 15.4. The van der Waals surface area contributed by atoms with Crippen molar-refractivity contribution in [3.05, 3.63) is 56.7 Å². The fourth-order valence-corrected chi connectivity index (χ4v) is 3.45. The Morgan fingerprint density at radius 3 is 2.55 bits per heavy atom. The minimum atomic E-state index is -0.282. The van der Waals surface area contributed by atoms with Gasteiger partial charge in [0, 0.05) is 19.6 Å². The van der Waals surface area contributed by atoms with Gasteiger partial charge in [-0.25, -0.2) is 0 Å². The zero-order valence-corrected chi connectivity index (χ0v) is 15.7. The van der Waals surface area contributed by atoms with Gasteiger partial charge >= 0.3 is 0 Å². The Balaban J connectivity index is 0.00000242. The fraction of sp³-hybridized carbons (Fsp3) is 0.312. The van der Waals surface area contributed by atoms with Gasteiger partial charge < -0.3 is 10.6 Å². The maximum atomic E-state index is 12.5. The normalized spacial score (nSPS) is 13.1. The molecule has 6 heteroatoms. The van der Waals surface area contributed by atoms with Crippen LogP contribution in [0.4, 0.5) is 0 Å². The Bertz CT molecular complexity index is 605. The first-order chi connectivity index (χ1) is 9.99. The van der Waals surface area contributed by atoms with E-state index in [4.69, 9.17) is 5.73 Å². The van der Waals surface area contributed by atoms with Gasteiger partial charge in [-0.2, -0.15) is 0 Å². The number of carbonyl (C=O) groups excluding carboxylic acids is 1. The van der Waals surface area contributed by atoms with Crippen LogP contribution >= 0.6 is 39.7 Å². The molecule has 0 spiro atoms. The second kappa shape index (κ2) is 8.67. The van der Waals surface area contributed by atoms with Crippen LogP contribution in [0, 0.1) is 5.92 Å². The summed E-state index contributed by atoms with van der Waals surface area (Å²) < 4.78 is 1.08. The highest BCUT2D eigenvalue weighted by atomic mass is 79.9. The molecule has 0 aliphatic carbocycles. The lowest BCUT2D eigenvalue weighted by molar-refractivity contribution is -0.134. The van der Waals surface area contributed by atoms with E-state index >= 15 is 0 Å². The summed E-state index contributed by atoms with van der Waals surface area (Å²) in [7, 11) is 1.82. The van der Waals surface area contributed by atoms with Gasteiger partial charge in [0.1, 0.15) is 0 Å². The van der Waals surface area contributed by atoms with Crippen molar-refractivity contribution in [3.63, 3.8) is 0 Å². The van der Waals surface area contributed by atoms with Gasteiger partial charge in [-0.15, -0.1) is 23.7 Å². The van der Waals surface area contributed by atoms with Crippen LogP contribution in [-0.4, -0.2) is 17.9 Å². The third-order valence-electron chi connectivity index (χ3n) is 3.53. The molecule has 0 bridgehead atoms. The van der Waals surface area contributed by atoms with Crippen LogP contribution in [-0.2, 0) is 11.3 Å². The van der Waals surface area contributed by atoms with Crippen molar-refractivity contribution < 1.29 is 4.79 Å². The third-order valence-corrected chi connectivity index (χ3v) is 5.08. The average molecular weight is 404 g/mol. The molecule has 0 fully saturated rings. The summed E-state index contributed by atoms with van der Waals surface area (Å²) >= 11 is 5.06. The van der Waals surface area contributed by atoms with Crippen molar-refractivity contribution >= 4 is 45.6 Å². The molecule has 0 saturated carbocycles. The van der Waals surface area contributed by atoms with Crippen molar-refractivity contribution in [2.75, 3.05) is 7.05 Å². The topological polar surface area (TPSA) is 46.3 Å². The lowest BCUT2D eigenvalue weighted by atomic mass is 9.94. The van der Waals surface area contributed by atoms with Gasteiger partial charge in [0.05, 0.1) is 9.70 Å². The molecule has 3 nitrogen and oxygen atoms in total. The first kappa shape index (κ1) is 19.2. The Labute approximate surface area is 150 Å². The van der Waals surface area contributed by atoms with Crippen LogP contribution in [0.1, 0.15) is 24.1 Å². The first-order valence-electron chi connectivity index (χ1n) is 6.77. The highest BCUT2D eigenvalue weighted by Gasteiger charge is 2.25. The molecule has 2 atom stereocenters. The van der Waals surface area contributed by atoms with Gasteiger partial charge in [0.15, 0.2) is 0 Å². The third kappa shape index (κ3) is 4.81. The lowest BCUT2D eigenvalue weighted by Gasteiger charge is -2.25. The van der Waals surface area contributed by atoms with Gasteiger partial charge in [-0.1, -0.05) is 37.3 Å². The van der Waals surface area contributed by atoms with Gasteiger partial charge in [0.25, 0.3) is 0 Å². The molecule has 2 N–H and O–H groups in total. The molecule has 1 heterocycles. The van der Waals surface area contributed by atoms with E-state index < -0.39 is 0 Å². The van der Waals surface area contributed by atoms with E-state index in [9.17, 15) is 4.79 Å². The number of thiophene rings is 1. The molecule has 22 heavy (non-hydrogen) atoms. The molecular weight excluding hydrogens is 384 g/mol. The first-order valence-corrected chi connectivity index (χ1v) is 8.44. The highest BCUT2D eigenvalue weighted by molar-refractivity contribution is 9.11. The smallest absolute Gasteiger partial charge is 0.227 e. The molecule has 0 aliphatic rings. The maximum Gasteiger partial charge on any atom is 0.227 e. The fourth-order valence-electron chi connectivity index (χ4n) is 2.25. The molecule has 1 amide bonds. The summed E-state index contributed by atoms with van der Waals surface area (Å²) in [5, 5.41) is 2.05. The molecule has 120 valence electrons. The number of carbonyl (C=O) groups is 1. The largest absolute Gasteiger partial charge is 0.341 e. The van der Waals surface area contributed by atoms with Gasteiger partial charge in [-0.3, -0.25) is 4.79 Å². The monoisotopic (exact) mass is 402 g/mol. The molecule has 1 aromatic carbocycles. The Kier molecular flexibility index (Phi) is 7.56. The van der Waals surface area contributed by atoms with Crippen LogP contribution in [0.25, 0.3) is 0 Å². The second-order valence-corrected chi connectivity index (χ2v) is 7.47. The van der Waals surface area contributed by atoms with Crippen molar-refractivity contribution in [2.24, 2.45) is 11.7 Å². The molecule has 2 aromatic rings. The van der Waals surface area contributed by atoms with Crippen LogP contribution < -0.4 is 5.73 Å². The summed E-state index contributed by atoms with van der Waals surface area (Å²) in [5.41, 5.74) is 8.34. The molecule has 2 unspecified atom stereocenters. The summed E-state index contributed by atoms with van der Waals surface area (Å²) in [6.45, 7) is 2.49. The SMILES string of the molecule is CC(C(=O)N(C)Cc1csc(Br)c1)C(N)c1ccccc1.Cl. The number of nitrogens with two attached hydrogens (primary N) is 1.